The third-order valence-electron chi connectivity index (χ3n) is 2.71. The summed E-state index contributed by atoms with van der Waals surface area (Å²) in [5.74, 6) is 0. The quantitative estimate of drug-likeness (QED) is 0.591. The molecular formula is C15H17N3S. The monoisotopic (exact) mass is 271 g/mol. The predicted octanol–water partition coefficient (Wildman–Crippen LogP) is 2.80. The number of nitrogen functional groups attached to an aromatic ring is 1. The van der Waals surface area contributed by atoms with Gasteiger partial charge in [0.05, 0.1) is 0 Å². The zero-order valence-electron chi connectivity index (χ0n) is 10.6. The molecule has 0 heterocycles. The maximum atomic E-state index is 5.63. The van der Waals surface area contributed by atoms with Gasteiger partial charge in [-0.05, 0) is 48.5 Å². The summed E-state index contributed by atoms with van der Waals surface area (Å²) in [4.78, 5) is 0. The van der Waals surface area contributed by atoms with Crippen molar-refractivity contribution in [2.75, 3.05) is 17.6 Å². The standard InChI is InChI=1S/C15H17N3S/c16-13-6-8-14(9-7-13)18-15(19)17-11-10-12-4-2-1-3-5-12/h1-9H,10-11,16H2,(H2,17,18,19). The second kappa shape index (κ2) is 6.75. The van der Waals surface area contributed by atoms with E-state index in [-0.39, 0.29) is 0 Å². The molecule has 0 atom stereocenters. The van der Waals surface area contributed by atoms with Crippen LogP contribution in [0.15, 0.2) is 54.6 Å². The Bertz CT molecular complexity index is 523. The van der Waals surface area contributed by atoms with Crippen LogP contribution >= 0.6 is 12.2 Å². The Morgan fingerprint density at radius 1 is 1.00 bits per heavy atom. The number of rotatable bonds is 4. The van der Waals surface area contributed by atoms with Crippen LogP contribution in [0, 0.1) is 0 Å². The van der Waals surface area contributed by atoms with Gasteiger partial charge in [-0.25, -0.2) is 0 Å². The van der Waals surface area contributed by atoms with E-state index in [1.165, 1.54) is 5.56 Å². The van der Waals surface area contributed by atoms with Gasteiger partial charge in [0.1, 0.15) is 0 Å². The van der Waals surface area contributed by atoms with Crippen LogP contribution < -0.4 is 16.4 Å². The minimum Gasteiger partial charge on any atom is -0.399 e. The van der Waals surface area contributed by atoms with Gasteiger partial charge >= 0.3 is 0 Å². The van der Waals surface area contributed by atoms with Crippen molar-refractivity contribution in [3.63, 3.8) is 0 Å². The van der Waals surface area contributed by atoms with Gasteiger partial charge in [0.2, 0.25) is 0 Å². The van der Waals surface area contributed by atoms with Crippen LogP contribution in [0.25, 0.3) is 0 Å². The minimum absolute atomic E-state index is 0.626. The first-order valence-electron chi connectivity index (χ1n) is 6.18. The molecule has 0 bridgehead atoms. The lowest BCUT2D eigenvalue weighted by Crippen LogP contribution is -2.30. The summed E-state index contributed by atoms with van der Waals surface area (Å²) in [5, 5.41) is 6.93. The molecule has 98 valence electrons. The van der Waals surface area contributed by atoms with Crippen molar-refractivity contribution >= 4 is 28.7 Å². The number of hydrogen-bond acceptors (Lipinski definition) is 2. The molecule has 0 spiro atoms. The second-order valence-electron chi connectivity index (χ2n) is 4.24. The molecule has 0 unspecified atom stereocenters. The first-order chi connectivity index (χ1) is 9.24. The predicted molar refractivity (Wildman–Crippen MR) is 85.2 cm³/mol. The fourth-order valence-corrected chi connectivity index (χ4v) is 1.93. The van der Waals surface area contributed by atoms with Crippen molar-refractivity contribution in [2.24, 2.45) is 0 Å². The fraction of sp³-hybridized carbons (Fsp3) is 0.133. The molecule has 4 N–H and O–H groups in total. The molecule has 0 aliphatic rings. The van der Waals surface area contributed by atoms with Gasteiger partial charge in [0, 0.05) is 17.9 Å². The van der Waals surface area contributed by atoms with Crippen LogP contribution in [0.5, 0.6) is 0 Å². The number of nitrogens with two attached hydrogens (primary N) is 1. The molecule has 0 saturated carbocycles. The van der Waals surface area contributed by atoms with Gasteiger partial charge in [-0.3, -0.25) is 0 Å². The summed E-state index contributed by atoms with van der Waals surface area (Å²) in [5.41, 5.74) is 8.60. The topological polar surface area (TPSA) is 50.1 Å². The van der Waals surface area contributed by atoms with Gasteiger partial charge in [-0.1, -0.05) is 30.3 Å². The zero-order chi connectivity index (χ0) is 13.5. The molecule has 0 amide bonds. The third kappa shape index (κ3) is 4.60. The van der Waals surface area contributed by atoms with E-state index in [2.05, 4.69) is 22.8 Å². The van der Waals surface area contributed by atoms with Crippen molar-refractivity contribution in [1.29, 1.82) is 0 Å². The maximum Gasteiger partial charge on any atom is 0.170 e. The summed E-state index contributed by atoms with van der Waals surface area (Å²) in [6.07, 6.45) is 0.949. The Balaban J connectivity index is 1.74. The Morgan fingerprint density at radius 2 is 1.68 bits per heavy atom. The average Bonchev–Trinajstić information content (AvgIpc) is 2.43. The molecule has 0 fully saturated rings. The number of nitrogens with one attached hydrogen (secondary N) is 2. The molecule has 2 aromatic carbocycles. The highest BCUT2D eigenvalue weighted by molar-refractivity contribution is 7.80. The van der Waals surface area contributed by atoms with Crippen molar-refractivity contribution in [3.05, 3.63) is 60.2 Å². The molecule has 3 nitrogen and oxygen atoms in total. The molecule has 19 heavy (non-hydrogen) atoms. The third-order valence-corrected chi connectivity index (χ3v) is 2.96. The molecule has 2 aromatic rings. The minimum atomic E-state index is 0.626. The SMILES string of the molecule is Nc1ccc(NC(=S)NCCc2ccccc2)cc1. The van der Waals surface area contributed by atoms with Gasteiger partial charge in [0.25, 0.3) is 0 Å². The van der Waals surface area contributed by atoms with Crippen LogP contribution in [0.2, 0.25) is 0 Å². The van der Waals surface area contributed by atoms with Crippen LogP contribution in [-0.2, 0) is 6.42 Å². The highest BCUT2D eigenvalue weighted by Gasteiger charge is 1.97. The molecule has 0 aliphatic heterocycles. The molecule has 0 aromatic heterocycles. The number of thiocarbonyl (C=S) groups is 1. The van der Waals surface area contributed by atoms with Gasteiger partial charge in [-0.15, -0.1) is 0 Å². The largest absolute Gasteiger partial charge is 0.399 e. The Morgan fingerprint density at radius 3 is 2.37 bits per heavy atom. The van der Waals surface area contributed by atoms with E-state index in [0.29, 0.717) is 5.11 Å². The Labute approximate surface area is 118 Å². The summed E-state index contributed by atoms with van der Waals surface area (Å²) in [6, 6.07) is 17.8. The number of benzene rings is 2. The van der Waals surface area contributed by atoms with Crippen LogP contribution in [0.4, 0.5) is 11.4 Å². The molecular weight excluding hydrogens is 254 g/mol. The van der Waals surface area contributed by atoms with Gasteiger partial charge in [-0.2, -0.15) is 0 Å². The molecule has 0 radical (unpaired) electrons. The van der Waals surface area contributed by atoms with E-state index in [4.69, 9.17) is 18.0 Å². The van der Waals surface area contributed by atoms with E-state index < -0.39 is 0 Å². The Kier molecular flexibility index (Phi) is 4.75. The molecule has 0 saturated heterocycles. The molecule has 2 rings (SSSR count). The normalized spacial score (nSPS) is 9.89. The van der Waals surface area contributed by atoms with E-state index in [0.717, 1.165) is 24.3 Å². The average molecular weight is 271 g/mol. The summed E-state index contributed by atoms with van der Waals surface area (Å²) >= 11 is 5.23. The van der Waals surface area contributed by atoms with Gasteiger partial charge < -0.3 is 16.4 Å². The van der Waals surface area contributed by atoms with Crippen molar-refractivity contribution in [3.8, 4) is 0 Å². The summed E-state index contributed by atoms with van der Waals surface area (Å²) < 4.78 is 0. The van der Waals surface area contributed by atoms with Crippen LogP contribution in [0.1, 0.15) is 5.56 Å². The molecule has 4 heteroatoms. The zero-order valence-corrected chi connectivity index (χ0v) is 11.4. The van der Waals surface area contributed by atoms with Gasteiger partial charge in [0.15, 0.2) is 5.11 Å². The highest BCUT2D eigenvalue weighted by Crippen LogP contribution is 2.10. The Hall–Kier alpha value is -2.07. The van der Waals surface area contributed by atoms with Crippen molar-refractivity contribution < 1.29 is 0 Å². The molecule has 0 aliphatic carbocycles. The number of hydrogen-bond donors (Lipinski definition) is 3. The maximum absolute atomic E-state index is 5.63. The van der Waals surface area contributed by atoms with Crippen LogP contribution in [0.3, 0.4) is 0 Å². The van der Waals surface area contributed by atoms with E-state index in [1.54, 1.807) is 0 Å². The van der Waals surface area contributed by atoms with E-state index in [1.807, 2.05) is 42.5 Å². The fourth-order valence-electron chi connectivity index (χ4n) is 1.71. The first kappa shape index (κ1) is 13.4. The summed E-state index contributed by atoms with van der Waals surface area (Å²) in [6.45, 7) is 0.810. The summed E-state index contributed by atoms with van der Waals surface area (Å²) in [7, 11) is 0. The first-order valence-corrected chi connectivity index (χ1v) is 6.59. The second-order valence-corrected chi connectivity index (χ2v) is 4.65. The number of anilines is 2. The lowest BCUT2D eigenvalue weighted by atomic mass is 10.1. The van der Waals surface area contributed by atoms with Crippen LogP contribution in [-0.4, -0.2) is 11.7 Å². The van der Waals surface area contributed by atoms with E-state index in [9.17, 15) is 0 Å². The highest BCUT2D eigenvalue weighted by atomic mass is 32.1. The lowest BCUT2D eigenvalue weighted by molar-refractivity contribution is 0.873. The van der Waals surface area contributed by atoms with Crippen molar-refractivity contribution in [2.45, 2.75) is 6.42 Å². The van der Waals surface area contributed by atoms with E-state index >= 15 is 0 Å². The lowest BCUT2D eigenvalue weighted by Gasteiger charge is -2.10. The van der Waals surface area contributed by atoms with Crippen molar-refractivity contribution in [1.82, 2.24) is 5.32 Å². The smallest absolute Gasteiger partial charge is 0.170 e.